The normalized spacial score (nSPS) is 28.5. The van der Waals surface area contributed by atoms with Gasteiger partial charge in [0.25, 0.3) is 5.56 Å². The van der Waals surface area contributed by atoms with Crippen LogP contribution in [0.15, 0.2) is 15.8 Å². The molecular weight excluding hydrogens is 346 g/mol. The Balaban J connectivity index is 2.34. The second-order valence-electron chi connectivity index (χ2n) is 3.71. The van der Waals surface area contributed by atoms with E-state index in [9.17, 15) is 14.0 Å². The number of nitrogens with zero attached hydrogens (tertiary/aromatic N) is 1. The van der Waals surface area contributed by atoms with Crippen LogP contribution in [0.3, 0.4) is 0 Å². The first-order valence-electron chi connectivity index (χ1n) is 4.94. The van der Waals surface area contributed by atoms with Gasteiger partial charge in [0.1, 0.15) is 6.23 Å². The molecule has 1 aromatic rings. The highest BCUT2D eigenvalue weighted by Crippen LogP contribution is 2.32. The molecule has 1 fully saturated rings. The molecule has 0 unspecified atom stereocenters. The lowest BCUT2D eigenvalue weighted by Crippen LogP contribution is -2.34. The number of hydrogen-bond acceptors (Lipinski definition) is 4. The Morgan fingerprint density at radius 1 is 1.65 bits per heavy atom. The number of aliphatic hydroxyl groups excluding tert-OH is 1. The number of hydrogen-bond donors (Lipinski definition) is 2. The van der Waals surface area contributed by atoms with Crippen LogP contribution in [0.4, 0.5) is 4.39 Å². The van der Waals surface area contributed by atoms with Crippen molar-refractivity contribution in [1.29, 1.82) is 0 Å². The van der Waals surface area contributed by atoms with Crippen LogP contribution in [-0.2, 0) is 4.74 Å². The maximum atomic E-state index is 13.1. The molecule has 0 amide bonds. The Morgan fingerprint density at radius 3 is 2.94 bits per heavy atom. The van der Waals surface area contributed by atoms with Gasteiger partial charge in [-0.15, -0.1) is 0 Å². The van der Waals surface area contributed by atoms with Crippen molar-refractivity contribution in [2.45, 2.75) is 22.7 Å². The van der Waals surface area contributed by atoms with Crippen molar-refractivity contribution >= 4 is 22.6 Å². The van der Waals surface area contributed by atoms with Gasteiger partial charge in [-0.25, -0.2) is 4.79 Å². The Hall–Kier alpha value is -0.740. The fourth-order valence-electron chi connectivity index (χ4n) is 1.70. The van der Waals surface area contributed by atoms with Gasteiger partial charge in [-0.3, -0.25) is 14.3 Å². The zero-order valence-corrected chi connectivity index (χ0v) is 10.8. The highest BCUT2D eigenvalue weighted by atomic mass is 127. The summed E-state index contributed by atoms with van der Waals surface area (Å²) >= 11 is 2.10. The quantitative estimate of drug-likeness (QED) is 0.566. The largest absolute Gasteiger partial charge is 0.394 e. The van der Waals surface area contributed by atoms with Gasteiger partial charge in [0.05, 0.1) is 18.9 Å². The highest BCUT2D eigenvalue weighted by molar-refractivity contribution is 14.1. The van der Waals surface area contributed by atoms with Crippen molar-refractivity contribution in [2.75, 3.05) is 6.61 Å². The summed E-state index contributed by atoms with van der Waals surface area (Å²) in [6.45, 7) is -0.162. The molecule has 2 N–H and O–H groups in total. The van der Waals surface area contributed by atoms with Crippen molar-refractivity contribution in [1.82, 2.24) is 9.55 Å². The molecule has 0 aliphatic carbocycles. The van der Waals surface area contributed by atoms with E-state index in [1.54, 1.807) is 0 Å². The number of halogens is 2. The van der Waals surface area contributed by atoms with E-state index in [1.807, 2.05) is 4.98 Å². The third-order valence-electron chi connectivity index (χ3n) is 2.58. The van der Waals surface area contributed by atoms with E-state index in [0.717, 1.165) is 10.8 Å². The summed E-state index contributed by atoms with van der Waals surface area (Å²) in [6.07, 6.45) is 0.252. The van der Waals surface area contributed by atoms with Crippen LogP contribution in [0.5, 0.6) is 0 Å². The van der Waals surface area contributed by atoms with Gasteiger partial charge < -0.3 is 9.84 Å². The van der Waals surface area contributed by atoms with Gasteiger partial charge >= 0.3 is 5.69 Å². The molecule has 1 aromatic heterocycles. The molecule has 6 nitrogen and oxygen atoms in total. The van der Waals surface area contributed by atoms with Crippen LogP contribution in [0.1, 0.15) is 12.6 Å². The van der Waals surface area contributed by atoms with E-state index in [-0.39, 0.29) is 16.6 Å². The first kappa shape index (κ1) is 12.7. The van der Waals surface area contributed by atoms with E-state index in [0.29, 0.717) is 6.42 Å². The summed E-state index contributed by atoms with van der Waals surface area (Å²) in [5.74, 6) is -1.04. The topological polar surface area (TPSA) is 84.3 Å². The van der Waals surface area contributed by atoms with Gasteiger partial charge in [0.15, 0.2) is 0 Å². The fourth-order valence-corrected chi connectivity index (χ4v) is 2.53. The van der Waals surface area contributed by atoms with Crippen LogP contribution in [0.25, 0.3) is 0 Å². The maximum absolute atomic E-state index is 13.1. The van der Waals surface area contributed by atoms with E-state index in [1.165, 1.54) is 0 Å². The van der Waals surface area contributed by atoms with Gasteiger partial charge in [0, 0.05) is 10.3 Å². The van der Waals surface area contributed by atoms with Crippen molar-refractivity contribution < 1.29 is 14.2 Å². The van der Waals surface area contributed by atoms with E-state index < -0.39 is 23.3 Å². The van der Waals surface area contributed by atoms with Crippen LogP contribution in [0, 0.1) is 5.82 Å². The maximum Gasteiger partial charge on any atom is 0.330 e. The van der Waals surface area contributed by atoms with Crippen LogP contribution < -0.4 is 11.2 Å². The molecule has 1 saturated heterocycles. The molecule has 0 aromatic carbocycles. The second-order valence-corrected chi connectivity index (χ2v) is 5.31. The van der Waals surface area contributed by atoms with Gasteiger partial charge in [-0.1, -0.05) is 22.6 Å². The first-order chi connectivity index (χ1) is 8.02. The van der Waals surface area contributed by atoms with Crippen LogP contribution >= 0.6 is 22.6 Å². The molecule has 2 rings (SSSR count). The first-order valence-corrected chi connectivity index (χ1v) is 6.19. The number of alkyl halides is 1. The summed E-state index contributed by atoms with van der Waals surface area (Å²) in [6, 6.07) is 0. The second kappa shape index (κ2) is 4.86. The number of aromatic nitrogens is 2. The molecular formula is C9H10FIN2O4. The third-order valence-corrected chi connectivity index (χ3v) is 3.89. The van der Waals surface area contributed by atoms with Crippen LogP contribution in [-0.4, -0.2) is 31.3 Å². The zero-order chi connectivity index (χ0) is 12.6. The standard InChI is InChI=1S/C9H10FIN2O4/c10-4-2-13(9(16)12-8(4)15)7-1-5(11)6(3-14)17-7/h2,5-7,14H,1,3H2,(H,12,15,16)/t5-,6+,7+/m0/s1. The molecule has 94 valence electrons. The minimum Gasteiger partial charge on any atom is -0.394 e. The van der Waals surface area contributed by atoms with Gasteiger partial charge in [0.2, 0.25) is 5.82 Å². The van der Waals surface area contributed by atoms with Crippen molar-refractivity contribution in [2.24, 2.45) is 0 Å². The summed E-state index contributed by atoms with van der Waals surface area (Å²) in [5.41, 5.74) is -1.77. The average molecular weight is 356 g/mol. The molecule has 3 atom stereocenters. The molecule has 17 heavy (non-hydrogen) atoms. The lowest BCUT2D eigenvalue weighted by atomic mass is 10.2. The van der Waals surface area contributed by atoms with E-state index in [2.05, 4.69) is 22.6 Å². The lowest BCUT2D eigenvalue weighted by molar-refractivity contribution is -0.0236. The number of aliphatic hydroxyl groups is 1. The van der Waals surface area contributed by atoms with Crippen molar-refractivity contribution in [3.8, 4) is 0 Å². The third kappa shape index (κ3) is 2.43. The Labute approximate surface area is 109 Å². The minimum atomic E-state index is -1.05. The average Bonchev–Trinajstić information content (AvgIpc) is 2.65. The Bertz CT molecular complexity index is 528. The SMILES string of the molecule is O=c1[nH]c(=O)n([C@H]2C[C@H](I)[C@@H](CO)O2)cc1F. The van der Waals surface area contributed by atoms with E-state index >= 15 is 0 Å². The number of rotatable bonds is 2. The summed E-state index contributed by atoms with van der Waals surface area (Å²) < 4.78 is 19.5. The molecule has 0 saturated carbocycles. The molecule has 1 aliphatic rings. The number of nitrogens with one attached hydrogen (secondary N) is 1. The molecule has 0 radical (unpaired) electrons. The number of aromatic amines is 1. The smallest absolute Gasteiger partial charge is 0.330 e. The predicted octanol–water partition coefficient (Wildman–Crippen LogP) is -0.241. The monoisotopic (exact) mass is 356 g/mol. The lowest BCUT2D eigenvalue weighted by Gasteiger charge is -2.14. The Morgan fingerprint density at radius 2 is 2.35 bits per heavy atom. The predicted molar refractivity (Wildman–Crippen MR) is 64.7 cm³/mol. The van der Waals surface area contributed by atoms with E-state index in [4.69, 9.17) is 9.84 Å². The van der Waals surface area contributed by atoms with Crippen molar-refractivity contribution in [3.63, 3.8) is 0 Å². The number of ether oxygens (including phenoxy) is 1. The molecule has 0 bridgehead atoms. The molecule has 1 aliphatic heterocycles. The Kier molecular flexibility index (Phi) is 3.64. The fraction of sp³-hybridized carbons (Fsp3) is 0.556. The summed E-state index contributed by atoms with van der Waals surface area (Å²) in [5, 5.41) is 9.02. The number of H-pyrrole nitrogens is 1. The molecule has 2 heterocycles. The van der Waals surface area contributed by atoms with Crippen molar-refractivity contribution in [3.05, 3.63) is 32.9 Å². The molecule has 0 spiro atoms. The van der Waals surface area contributed by atoms with Gasteiger partial charge in [-0.2, -0.15) is 4.39 Å². The molecule has 8 heteroatoms. The highest BCUT2D eigenvalue weighted by Gasteiger charge is 2.34. The van der Waals surface area contributed by atoms with Crippen LogP contribution in [0.2, 0.25) is 0 Å². The minimum absolute atomic E-state index is 0.0319. The van der Waals surface area contributed by atoms with Gasteiger partial charge in [-0.05, 0) is 0 Å². The zero-order valence-electron chi connectivity index (χ0n) is 8.60. The summed E-state index contributed by atoms with van der Waals surface area (Å²) in [7, 11) is 0. The summed E-state index contributed by atoms with van der Waals surface area (Å²) in [4.78, 5) is 24.2.